The van der Waals surface area contributed by atoms with Crippen molar-refractivity contribution < 1.29 is 24.0 Å². The summed E-state index contributed by atoms with van der Waals surface area (Å²) in [6.07, 6.45) is 6.50. The zero-order valence-corrected chi connectivity index (χ0v) is 30.5. The topological polar surface area (TPSA) is 158 Å². The molecule has 2 saturated heterocycles. The Morgan fingerprint density at radius 2 is 1.32 bits per heavy atom. The molecule has 2 fully saturated rings. The number of ether oxygens (including phenoxy) is 1. The predicted molar refractivity (Wildman–Crippen MR) is 201 cm³/mol. The Morgan fingerprint density at radius 1 is 0.774 bits per heavy atom. The number of alkyl carbamates (subject to hydrolysis) is 1. The van der Waals surface area contributed by atoms with Gasteiger partial charge >= 0.3 is 6.09 Å². The molecule has 4 heterocycles. The van der Waals surface area contributed by atoms with Crippen LogP contribution in [0.4, 0.5) is 4.79 Å². The van der Waals surface area contributed by atoms with Crippen LogP contribution in [0.5, 0.6) is 0 Å². The first kappa shape index (κ1) is 35.9. The molecule has 3 aromatic carbocycles. The lowest BCUT2D eigenvalue weighted by atomic mass is 9.98. The van der Waals surface area contributed by atoms with E-state index in [-0.39, 0.29) is 36.4 Å². The Kier molecular flexibility index (Phi) is 10.6. The van der Waals surface area contributed by atoms with Crippen LogP contribution in [-0.4, -0.2) is 87.5 Å². The molecule has 2 aliphatic heterocycles. The highest BCUT2D eigenvalue weighted by Crippen LogP contribution is 2.35. The van der Waals surface area contributed by atoms with E-state index in [0.717, 1.165) is 81.7 Å². The highest BCUT2D eigenvalue weighted by molar-refractivity contribution is 5.90. The first-order valence-electron chi connectivity index (χ1n) is 18.2. The molecule has 0 radical (unpaired) electrons. The number of hydrogen-bond acceptors (Lipinski definition) is 8. The van der Waals surface area contributed by atoms with Crippen LogP contribution in [0.2, 0.25) is 0 Å². The summed E-state index contributed by atoms with van der Waals surface area (Å²) in [4.78, 5) is 62.7. The zero-order chi connectivity index (χ0) is 37.1. The first-order valence-corrected chi connectivity index (χ1v) is 18.2. The average Bonchev–Trinajstić information content (AvgIpc) is 4.02. The van der Waals surface area contributed by atoms with Crippen LogP contribution in [0.3, 0.4) is 0 Å². The van der Waals surface area contributed by atoms with Gasteiger partial charge in [-0.15, -0.1) is 0 Å². The molecule has 4 N–H and O–H groups in total. The molecule has 276 valence electrons. The van der Waals surface area contributed by atoms with Crippen molar-refractivity contribution in [2.75, 3.05) is 33.9 Å². The fraction of sp³-hybridized carbons (Fsp3) is 0.375. The van der Waals surface area contributed by atoms with Crippen LogP contribution in [0.25, 0.3) is 44.4 Å². The van der Waals surface area contributed by atoms with E-state index in [0.29, 0.717) is 13.1 Å². The molecule has 0 aliphatic carbocycles. The van der Waals surface area contributed by atoms with Gasteiger partial charge in [0.25, 0.3) is 0 Å². The van der Waals surface area contributed by atoms with Gasteiger partial charge in [-0.25, -0.2) is 14.8 Å². The van der Waals surface area contributed by atoms with Crippen molar-refractivity contribution in [1.82, 2.24) is 40.5 Å². The molecule has 2 aromatic heterocycles. The zero-order valence-electron chi connectivity index (χ0n) is 30.5. The number of aromatic amines is 2. The van der Waals surface area contributed by atoms with Crippen LogP contribution in [0, 0.1) is 5.92 Å². The number of carbonyl (C=O) groups is 3. The number of rotatable bonds is 11. The number of likely N-dealkylation sites (tertiary alicyclic amines) is 2. The molecule has 0 unspecified atom stereocenters. The summed E-state index contributed by atoms with van der Waals surface area (Å²) in [6.45, 7) is 5.21. The number of hydrogen-bond donors (Lipinski definition) is 4. The van der Waals surface area contributed by atoms with Crippen molar-refractivity contribution in [3.8, 4) is 33.6 Å². The number of fused-ring (bicyclic) bond motifs is 1. The number of aromatic nitrogens is 4. The molecule has 13 heteroatoms. The maximum absolute atomic E-state index is 13.4. The summed E-state index contributed by atoms with van der Waals surface area (Å²) in [6, 6.07) is 20.5. The lowest BCUT2D eigenvalue weighted by Gasteiger charge is -2.29. The Morgan fingerprint density at radius 3 is 1.94 bits per heavy atom. The van der Waals surface area contributed by atoms with Gasteiger partial charge < -0.3 is 34.7 Å². The quantitative estimate of drug-likeness (QED) is 0.119. The molecule has 53 heavy (non-hydrogen) atoms. The number of imidazole rings is 2. The highest BCUT2D eigenvalue weighted by atomic mass is 16.6. The van der Waals surface area contributed by atoms with E-state index < -0.39 is 12.1 Å². The molecule has 3 atom stereocenters. The third kappa shape index (κ3) is 7.53. The Labute approximate surface area is 308 Å². The van der Waals surface area contributed by atoms with Crippen LogP contribution in [0.1, 0.15) is 63.3 Å². The SMILES string of the molecule is CON[C@H](C(=O)N1CCC[C@H]1c1ncc(-c2ccc(-c3ccc4cc(-c5cnc([C@@H]6CCCN6C(=O)CNC(=O)OC)[nH]5)ccc4c3)cc2)[nH]1)C(C)C. The molecule has 3 amide bonds. The van der Waals surface area contributed by atoms with E-state index in [1.54, 1.807) is 4.90 Å². The van der Waals surface area contributed by atoms with Gasteiger partial charge in [0.05, 0.1) is 50.1 Å². The second-order valence-electron chi connectivity index (χ2n) is 14.0. The van der Waals surface area contributed by atoms with Gasteiger partial charge in [0.15, 0.2) is 0 Å². The second-order valence-corrected chi connectivity index (χ2v) is 14.0. The van der Waals surface area contributed by atoms with E-state index >= 15 is 0 Å². The second kappa shape index (κ2) is 15.6. The van der Waals surface area contributed by atoms with Gasteiger partial charge in [-0.3, -0.25) is 9.59 Å². The lowest BCUT2D eigenvalue weighted by molar-refractivity contribution is -0.139. The maximum atomic E-state index is 13.4. The molecular formula is C40H46N8O5. The Balaban J connectivity index is 1.02. The molecule has 7 rings (SSSR count). The van der Waals surface area contributed by atoms with Gasteiger partial charge in [0, 0.05) is 18.7 Å². The number of benzene rings is 3. The molecule has 0 bridgehead atoms. The molecule has 0 saturated carbocycles. The normalized spacial score (nSPS) is 17.8. The van der Waals surface area contributed by atoms with Crippen molar-refractivity contribution in [3.05, 3.63) is 84.7 Å². The molecule has 5 aromatic rings. The molecule has 2 aliphatic rings. The van der Waals surface area contributed by atoms with Crippen LogP contribution < -0.4 is 10.8 Å². The van der Waals surface area contributed by atoms with Crippen LogP contribution in [0.15, 0.2) is 73.1 Å². The fourth-order valence-corrected chi connectivity index (χ4v) is 7.50. The van der Waals surface area contributed by atoms with E-state index in [4.69, 9.17) is 9.82 Å². The molecule has 13 nitrogen and oxygen atoms in total. The summed E-state index contributed by atoms with van der Waals surface area (Å²) in [5.74, 6) is 1.49. The minimum absolute atomic E-state index is 0.0303. The summed E-state index contributed by atoms with van der Waals surface area (Å²) in [7, 11) is 2.81. The summed E-state index contributed by atoms with van der Waals surface area (Å²) in [5.41, 5.74) is 8.92. The van der Waals surface area contributed by atoms with Gasteiger partial charge in [0.1, 0.15) is 24.2 Å². The van der Waals surface area contributed by atoms with E-state index in [2.05, 4.69) is 91.1 Å². The number of H-pyrrole nitrogens is 2. The summed E-state index contributed by atoms with van der Waals surface area (Å²) in [5, 5.41) is 4.70. The monoisotopic (exact) mass is 718 g/mol. The van der Waals surface area contributed by atoms with Gasteiger partial charge in [-0.1, -0.05) is 62.4 Å². The largest absolute Gasteiger partial charge is 0.453 e. The van der Waals surface area contributed by atoms with Crippen molar-refractivity contribution in [2.45, 2.75) is 57.7 Å². The standard InChI is InChI=1S/C40H46N8O5/c1-24(2)36(46-53-4)39(50)48-18-6-8-34(48)38-41-21-31(44-38)26-11-9-25(10-12-26)27-13-14-29-20-30(16-15-28(29)19-27)32-22-42-37(45-32)33-7-5-17-47(33)35(49)23-43-40(51)52-3/h9-16,19-22,24,33-34,36,46H,5-8,17-18,23H2,1-4H3,(H,41,44)(H,42,45)(H,43,51)/t33-,34-,36-/m0/s1. The fourth-order valence-electron chi connectivity index (χ4n) is 7.50. The first-order chi connectivity index (χ1) is 25.7. The van der Waals surface area contributed by atoms with Crippen LogP contribution >= 0.6 is 0 Å². The average molecular weight is 719 g/mol. The number of nitrogens with one attached hydrogen (secondary N) is 4. The Hall–Kier alpha value is -5.53. The minimum Gasteiger partial charge on any atom is -0.453 e. The minimum atomic E-state index is -0.630. The third-order valence-corrected chi connectivity index (χ3v) is 10.4. The van der Waals surface area contributed by atoms with Crippen molar-refractivity contribution in [3.63, 3.8) is 0 Å². The van der Waals surface area contributed by atoms with E-state index in [1.165, 1.54) is 14.2 Å². The summed E-state index contributed by atoms with van der Waals surface area (Å²) >= 11 is 0. The number of carbonyl (C=O) groups excluding carboxylic acids is 3. The number of amides is 3. The highest BCUT2D eigenvalue weighted by Gasteiger charge is 2.37. The van der Waals surface area contributed by atoms with E-state index in [9.17, 15) is 14.4 Å². The number of hydroxylamine groups is 1. The third-order valence-electron chi connectivity index (χ3n) is 10.4. The van der Waals surface area contributed by atoms with Crippen LogP contribution in [-0.2, 0) is 19.2 Å². The predicted octanol–water partition coefficient (Wildman–Crippen LogP) is 6.15. The number of nitrogens with zero attached hydrogens (tertiary/aromatic N) is 4. The molecule has 0 spiro atoms. The maximum Gasteiger partial charge on any atom is 0.407 e. The number of methoxy groups -OCH3 is 1. The molecular weight excluding hydrogens is 672 g/mol. The van der Waals surface area contributed by atoms with E-state index in [1.807, 2.05) is 31.1 Å². The summed E-state index contributed by atoms with van der Waals surface area (Å²) < 4.78 is 4.59. The lowest BCUT2D eigenvalue weighted by Crippen LogP contribution is -2.48. The van der Waals surface area contributed by atoms with Gasteiger partial charge in [-0.2, -0.15) is 5.48 Å². The van der Waals surface area contributed by atoms with Crippen molar-refractivity contribution in [1.29, 1.82) is 0 Å². The van der Waals surface area contributed by atoms with Crippen molar-refractivity contribution in [2.24, 2.45) is 5.92 Å². The van der Waals surface area contributed by atoms with Crippen molar-refractivity contribution >= 4 is 28.7 Å². The smallest absolute Gasteiger partial charge is 0.407 e. The Bertz CT molecular complexity index is 2090. The van der Waals surface area contributed by atoms with Gasteiger partial charge in [-0.05, 0) is 71.2 Å². The van der Waals surface area contributed by atoms with Gasteiger partial charge in [0.2, 0.25) is 11.8 Å².